The molecule has 0 N–H and O–H groups in total. The average Bonchev–Trinajstić information content (AvgIpc) is 2.38. The quantitative estimate of drug-likeness (QED) is 0.622. The van der Waals surface area contributed by atoms with Gasteiger partial charge in [0.25, 0.3) is 0 Å². The van der Waals surface area contributed by atoms with E-state index in [4.69, 9.17) is 0 Å². The van der Waals surface area contributed by atoms with Crippen LogP contribution in [0.25, 0.3) is 11.4 Å². The maximum absolute atomic E-state index is 13.5. The smallest absolute Gasteiger partial charge is 0.298 e. The lowest BCUT2D eigenvalue weighted by molar-refractivity contribution is -0.141. The Morgan fingerprint density at radius 3 is 2.53 bits per heavy atom. The second-order valence-electron chi connectivity index (χ2n) is 3.62. The predicted octanol–water partition coefficient (Wildman–Crippen LogP) is 3.11. The fraction of sp³-hybridized carbons (Fsp3) is 0.0833. The van der Waals surface area contributed by atoms with Crippen molar-refractivity contribution in [2.45, 2.75) is 6.18 Å². The zero-order chi connectivity index (χ0) is 14.0. The summed E-state index contributed by atoms with van der Waals surface area (Å²) in [6.07, 6.45) is -3.30. The molecule has 0 unspecified atom stereocenters. The molecule has 7 heteroatoms. The molecule has 0 aliphatic carbocycles. The molecule has 0 saturated carbocycles. The third kappa shape index (κ3) is 2.75. The molecule has 0 spiro atoms. The number of aldehydes is 1. The van der Waals surface area contributed by atoms with Crippen LogP contribution in [0, 0.1) is 5.82 Å². The number of alkyl halides is 3. The Bertz CT molecular complexity index is 625. The first-order chi connectivity index (χ1) is 8.91. The van der Waals surface area contributed by atoms with Gasteiger partial charge in [-0.1, -0.05) is 0 Å². The first-order valence-electron chi connectivity index (χ1n) is 5.07. The molecule has 0 aliphatic heterocycles. The summed E-state index contributed by atoms with van der Waals surface area (Å²) in [6, 6.07) is 3.96. The summed E-state index contributed by atoms with van der Waals surface area (Å²) < 4.78 is 51.0. The van der Waals surface area contributed by atoms with Gasteiger partial charge in [-0.05, 0) is 24.3 Å². The van der Waals surface area contributed by atoms with E-state index in [1.807, 2.05) is 0 Å². The number of rotatable bonds is 2. The van der Waals surface area contributed by atoms with Crippen LogP contribution in [0.3, 0.4) is 0 Å². The van der Waals surface area contributed by atoms with Crippen LogP contribution in [0.1, 0.15) is 16.1 Å². The Kier molecular flexibility index (Phi) is 3.28. The van der Waals surface area contributed by atoms with E-state index in [2.05, 4.69) is 9.97 Å². The van der Waals surface area contributed by atoms with Gasteiger partial charge in [0.1, 0.15) is 17.8 Å². The maximum Gasteiger partial charge on any atom is 0.433 e. The lowest BCUT2D eigenvalue weighted by Gasteiger charge is -2.07. The van der Waals surface area contributed by atoms with Crippen molar-refractivity contribution in [2.75, 3.05) is 0 Å². The van der Waals surface area contributed by atoms with Crippen molar-refractivity contribution in [3.05, 3.63) is 47.5 Å². The summed E-state index contributed by atoms with van der Waals surface area (Å²) in [5, 5.41) is 0. The van der Waals surface area contributed by atoms with Crippen molar-refractivity contribution in [3.63, 3.8) is 0 Å². The molecule has 0 amide bonds. The van der Waals surface area contributed by atoms with Crippen molar-refractivity contribution in [1.29, 1.82) is 0 Å². The number of halogens is 4. The van der Waals surface area contributed by atoms with E-state index in [9.17, 15) is 22.4 Å². The van der Waals surface area contributed by atoms with Gasteiger partial charge < -0.3 is 0 Å². The topological polar surface area (TPSA) is 42.9 Å². The molecule has 0 bridgehead atoms. The van der Waals surface area contributed by atoms with Crippen LogP contribution in [0.2, 0.25) is 0 Å². The molecule has 1 heterocycles. The Hall–Kier alpha value is -2.31. The molecule has 19 heavy (non-hydrogen) atoms. The first kappa shape index (κ1) is 13.1. The lowest BCUT2D eigenvalue weighted by Crippen LogP contribution is -2.09. The van der Waals surface area contributed by atoms with E-state index in [0.29, 0.717) is 12.4 Å². The Morgan fingerprint density at radius 1 is 1.16 bits per heavy atom. The fourth-order valence-electron chi connectivity index (χ4n) is 1.43. The van der Waals surface area contributed by atoms with E-state index in [1.54, 1.807) is 0 Å². The van der Waals surface area contributed by atoms with Crippen LogP contribution in [0.4, 0.5) is 17.6 Å². The summed E-state index contributed by atoms with van der Waals surface area (Å²) in [4.78, 5) is 17.4. The van der Waals surface area contributed by atoms with Gasteiger partial charge in [0.2, 0.25) is 0 Å². The molecule has 0 atom stereocenters. The largest absolute Gasteiger partial charge is 0.433 e. The van der Waals surface area contributed by atoms with Gasteiger partial charge in [0, 0.05) is 11.8 Å². The summed E-state index contributed by atoms with van der Waals surface area (Å²) in [5.74, 6) is -1.22. The fourth-order valence-corrected chi connectivity index (χ4v) is 1.43. The lowest BCUT2D eigenvalue weighted by atomic mass is 10.1. The Morgan fingerprint density at radius 2 is 1.89 bits per heavy atom. The van der Waals surface area contributed by atoms with Crippen molar-refractivity contribution >= 4 is 6.29 Å². The predicted molar refractivity (Wildman–Crippen MR) is 57.8 cm³/mol. The van der Waals surface area contributed by atoms with Gasteiger partial charge in [0.05, 0.1) is 5.56 Å². The monoisotopic (exact) mass is 270 g/mol. The van der Waals surface area contributed by atoms with Crippen LogP contribution >= 0.6 is 0 Å². The number of aromatic nitrogens is 2. The second-order valence-corrected chi connectivity index (χ2v) is 3.62. The van der Waals surface area contributed by atoms with Crippen LogP contribution in [0.15, 0.2) is 30.5 Å². The van der Waals surface area contributed by atoms with Gasteiger partial charge >= 0.3 is 6.18 Å². The van der Waals surface area contributed by atoms with Gasteiger partial charge in [-0.15, -0.1) is 0 Å². The third-order valence-electron chi connectivity index (χ3n) is 2.31. The van der Waals surface area contributed by atoms with E-state index in [-0.39, 0.29) is 11.1 Å². The Labute approximate surface area is 104 Å². The van der Waals surface area contributed by atoms with E-state index in [1.165, 1.54) is 6.07 Å². The number of hydrogen-bond acceptors (Lipinski definition) is 3. The van der Waals surface area contributed by atoms with Crippen LogP contribution < -0.4 is 0 Å². The summed E-state index contributed by atoms with van der Waals surface area (Å²) in [6.45, 7) is 0. The van der Waals surface area contributed by atoms with E-state index >= 15 is 0 Å². The van der Waals surface area contributed by atoms with Gasteiger partial charge in [-0.3, -0.25) is 4.79 Å². The number of nitrogens with zero attached hydrogens (tertiary/aromatic N) is 2. The third-order valence-corrected chi connectivity index (χ3v) is 2.31. The molecular weight excluding hydrogens is 264 g/mol. The molecular formula is C12H6F4N2O. The summed E-state index contributed by atoms with van der Waals surface area (Å²) in [7, 11) is 0. The van der Waals surface area contributed by atoms with Crippen molar-refractivity contribution in [2.24, 2.45) is 0 Å². The Balaban J connectivity index is 2.56. The number of benzene rings is 1. The highest BCUT2D eigenvalue weighted by atomic mass is 19.4. The maximum atomic E-state index is 13.5. The minimum absolute atomic E-state index is 0.123. The number of carbonyl (C=O) groups is 1. The van der Waals surface area contributed by atoms with Crippen LogP contribution in [-0.4, -0.2) is 16.3 Å². The van der Waals surface area contributed by atoms with Crippen molar-refractivity contribution in [1.82, 2.24) is 9.97 Å². The van der Waals surface area contributed by atoms with Crippen LogP contribution in [-0.2, 0) is 6.18 Å². The highest BCUT2D eigenvalue weighted by molar-refractivity contribution is 5.77. The minimum atomic E-state index is -4.64. The molecule has 1 aromatic carbocycles. The zero-order valence-electron chi connectivity index (χ0n) is 9.28. The molecule has 3 nitrogen and oxygen atoms in total. The molecule has 2 aromatic rings. The van der Waals surface area contributed by atoms with Gasteiger partial charge in [-0.2, -0.15) is 13.2 Å². The molecule has 0 saturated heterocycles. The van der Waals surface area contributed by atoms with Crippen molar-refractivity contribution < 1.29 is 22.4 Å². The SMILES string of the molecule is O=Cc1ccc(F)c(-c2nccc(C(F)(F)F)n2)c1. The van der Waals surface area contributed by atoms with E-state index < -0.39 is 23.5 Å². The highest BCUT2D eigenvalue weighted by Crippen LogP contribution is 2.29. The first-order valence-corrected chi connectivity index (χ1v) is 5.07. The normalized spacial score (nSPS) is 11.4. The van der Waals surface area contributed by atoms with Gasteiger partial charge in [-0.25, -0.2) is 14.4 Å². The molecule has 0 fully saturated rings. The summed E-state index contributed by atoms with van der Waals surface area (Å²) >= 11 is 0. The standard InChI is InChI=1S/C12H6F4N2O/c13-9-2-1-7(6-19)5-8(9)11-17-4-3-10(18-11)12(14,15)16/h1-6H. The highest BCUT2D eigenvalue weighted by Gasteiger charge is 2.33. The van der Waals surface area contributed by atoms with Crippen LogP contribution in [0.5, 0.6) is 0 Å². The molecule has 0 radical (unpaired) electrons. The average molecular weight is 270 g/mol. The molecule has 98 valence electrons. The zero-order valence-corrected chi connectivity index (χ0v) is 9.28. The summed E-state index contributed by atoms with van der Waals surface area (Å²) in [5.41, 5.74) is -1.30. The minimum Gasteiger partial charge on any atom is -0.298 e. The molecule has 2 rings (SSSR count). The second kappa shape index (κ2) is 4.75. The molecule has 1 aromatic heterocycles. The molecule has 0 aliphatic rings. The number of carbonyl (C=O) groups excluding carboxylic acids is 1. The van der Waals surface area contributed by atoms with E-state index in [0.717, 1.165) is 18.3 Å². The van der Waals surface area contributed by atoms with Crippen molar-refractivity contribution in [3.8, 4) is 11.4 Å². The van der Waals surface area contributed by atoms with Gasteiger partial charge in [0.15, 0.2) is 5.82 Å². The number of hydrogen-bond donors (Lipinski definition) is 0.